The molecular weight excluding hydrogens is 408 g/mol. The summed E-state index contributed by atoms with van der Waals surface area (Å²) in [4.78, 5) is 25.4. The number of aryl methyl sites for hydroxylation is 1. The zero-order valence-electron chi connectivity index (χ0n) is 12.9. The van der Waals surface area contributed by atoms with E-state index in [1.54, 1.807) is 41.2 Å². The van der Waals surface area contributed by atoms with Crippen LogP contribution in [0.3, 0.4) is 0 Å². The molecule has 8 heteroatoms. The van der Waals surface area contributed by atoms with Crippen molar-refractivity contribution in [1.82, 2.24) is 19.5 Å². The summed E-state index contributed by atoms with van der Waals surface area (Å²) in [5, 5.41) is 0.817. The van der Waals surface area contributed by atoms with Gasteiger partial charge in [-0.15, -0.1) is 0 Å². The van der Waals surface area contributed by atoms with Crippen LogP contribution in [0.25, 0.3) is 28.4 Å². The first-order valence-corrected chi connectivity index (χ1v) is 8.47. The van der Waals surface area contributed by atoms with E-state index in [4.69, 9.17) is 16.0 Å². The van der Waals surface area contributed by atoms with Crippen LogP contribution in [0.15, 0.2) is 56.5 Å². The summed E-state index contributed by atoms with van der Waals surface area (Å²) in [7, 11) is 0. The van der Waals surface area contributed by atoms with Gasteiger partial charge in [0.25, 0.3) is 0 Å². The van der Waals surface area contributed by atoms with Crippen molar-refractivity contribution in [2.45, 2.75) is 6.92 Å². The molecule has 0 spiro atoms. The molecule has 0 saturated carbocycles. The Morgan fingerprint density at radius 2 is 1.96 bits per heavy atom. The second-order valence-electron chi connectivity index (χ2n) is 5.35. The zero-order valence-corrected chi connectivity index (χ0v) is 15.2. The van der Waals surface area contributed by atoms with Gasteiger partial charge in [-0.2, -0.15) is 0 Å². The molecule has 25 heavy (non-hydrogen) atoms. The van der Waals surface area contributed by atoms with E-state index in [0.29, 0.717) is 32.2 Å². The summed E-state index contributed by atoms with van der Waals surface area (Å²) in [6.07, 6.45) is 3.27. The van der Waals surface area contributed by atoms with Gasteiger partial charge in [0.1, 0.15) is 5.69 Å². The lowest BCUT2D eigenvalue weighted by atomic mass is 10.1. The van der Waals surface area contributed by atoms with Crippen molar-refractivity contribution in [1.29, 1.82) is 0 Å². The van der Waals surface area contributed by atoms with Gasteiger partial charge in [0.15, 0.2) is 0 Å². The maximum atomic E-state index is 12.4. The standard InChI is InChI=1S/C17H10BrClN4O2/c1-9-7-10(19)8-11-14(9)22-15(25-16(11)24)12-3-4-13(18)23(12)17-20-5-2-6-21-17/h2-8H,1H3. The summed E-state index contributed by atoms with van der Waals surface area (Å²) < 4.78 is 7.86. The first-order valence-electron chi connectivity index (χ1n) is 7.30. The van der Waals surface area contributed by atoms with Gasteiger partial charge in [0, 0.05) is 17.4 Å². The van der Waals surface area contributed by atoms with E-state index < -0.39 is 5.63 Å². The van der Waals surface area contributed by atoms with E-state index >= 15 is 0 Å². The third kappa shape index (κ3) is 2.75. The molecule has 6 nitrogen and oxygen atoms in total. The van der Waals surface area contributed by atoms with Crippen molar-refractivity contribution in [3.63, 3.8) is 0 Å². The lowest BCUT2D eigenvalue weighted by Crippen LogP contribution is -2.07. The third-order valence-electron chi connectivity index (χ3n) is 3.69. The maximum absolute atomic E-state index is 12.4. The Balaban J connectivity index is 2.00. The van der Waals surface area contributed by atoms with Crippen molar-refractivity contribution >= 4 is 38.4 Å². The van der Waals surface area contributed by atoms with Crippen LogP contribution in [0.1, 0.15) is 5.56 Å². The molecule has 4 aromatic rings. The second kappa shape index (κ2) is 6.09. The van der Waals surface area contributed by atoms with Gasteiger partial charge in [-0.3, -0.25) is 4.57 Å². The average Bonchev–Trinajstić information content (AvgIpc) is 2.98. The van der Waals surface area contributed by atoms with E-state index in [2.05, 4.69) is 30.9 Å². The molecule has 3 aromatic heterocycles. The molecular formula is C17H10BrClN4O2. The number of rotatable bonds is 2. The number of fused-ring (bicyclic) bond motifs is 1. The van der Waals surface area contributed by atoms with Crippen LogP contribution >= 0.6 is 27.5 Å². The normalized spacial score (nSPS) is 11.2. The minimum absolute atomic E-state index is 0.182. The Morgan fingerprint density at radius 3 is 2.72 bits per heavy atom. The Hall–Kier alpha value is -2.51. The van der Waals surface area contributed by atoms with E-state index in [1.165, 1.54) is 0 Å². The third-order valence-corrected chi connectivity index (χ3v) is 4.53. The molecule has 0 fully saturated rings. The van der Waals surface area contributed by atoms with Crippen LogP contribution in [-0.2, 0) is 0 Å². The average molecular weight is 418 g/mol. The fourth-order valence-electron chi connectivity index (χ4n) is 2.60. The molecule has 3 heterocycles. The molecule has 0 saturated heterocycles. The minimum atomic E-state index is -0.497. The van der Waals surface area contributed by atoms with Crippen molar-refractivity contribution in [2.75, 3.05) is 0 Å². The zero-order chi connectivity index (χ0) is 17.6. The van der Waals surface area contributed by atoms with E-state index in [-0.39, 0.29) is 5.89 Å². The van der Waals surface area contributed by atoms with Crippen molar-refractivity contribution < 1.29 is 4.42 Å². The molecule has 4 rings (SSSR count). The van der Waals surface area contributed by atoms with Crippen molar-refractivity contribution in [2.24, 2.45) is 0 Å². The van der Waals surface area contributed by atoms with Gasteiger partial charge in [0.2, 0.25) is 11.8 Å². The van der Waals surface area contributed by atoms with Gasteiger partial charge >= 0.3 is 5.63 Å². The van der Waals surface area contributed by atoms with Crippen molar-refractivity contribution in [3.05, 3.63) is 68.3 Å². The van der Waals surface area contributed by atoms with Gasteiger partial charge in [-0.05, 0) is 58.7 Å². The summed E-state index contributed by atoms with van der Waals surface area (Å²) in [6.45, 7) is 1.85. The van der Waals surface area contributed by atoms with Gasteiger partial charge < -0.3 is 4.42 Å². The highest BCUT2D eigenvalue weighted by Crippen LogP contribution is 2.28. The van der Waals surface area contributed by atoms with E-state index in [1.807, 2.05) is 13.0 Å². The van der Waals surface area contributed by atoms with Crippen LogP contribution in [0, 0.1) is 6.92 Å². The Kier molecular flexibility index (Phi) is 3.89. The molecule has 0 aliphatic rings. The molecule has 1 aromatic carbocycles. The van der Waals surface area contributed by atoms with Crippen molar-refractivity contribution in [3.8, 4) is 17.5 Å². The smallest absolute Gasteiger partial charge is 0.347 e. The number of aromatic nitrogens is 4. The minimum Gasteiger partial charge on any atom is -0.401 e. The molecule has 0 aliphatic heterocycles. The lowest BCUT2D eigenvalue weighted by molar-refractivity contribution is 0.514. The molecule has 0 atom stereocenters. The Labute approximate surface area is 155 Å². The summed E-state index contributed by atoms with van der Waals surface area (Å²) in [5.41, 5.74) is 1.41. The first-order chi connectivity index (χ1) is 12.0. The maximum Gasteiger partial charge on any atom is 0.347 e. The molecule has 0 unspecified atom stereocenters. The quantitative estimate of drug-likeness (QED) is 0.489. The highest BCUT2D eigenvalue weighted by atomic mass is 79.9. The fourth-order valence-corrected chi connectivity index (χ4v) is 3.36. The van der Waals surface area contributed by atoms with Crippen LogP contribution in [0.5, 0.6) is 0 Å². The first kappa shape index (κ1) is 16.0. The van der Waals surface area contributed by atoms with Crippen LogP contribution < -0.4 is 5.63 Å². The van der Waals surface area contributed by atoms with Crippen LogP contribution in [0.4, 0.5) is 0 Å². The second-order valence-corrected chi connectivity index (χ2v) is 6.60. The molecule has 0 aliphatic carbocycles. The lowest BCUT2D eigenvalue weighted by Gasteiger charge is -2.08. The number of nitrogens with zero attached hydrogens (tertiary/aromatic N) is 4. The van der Waals surface area contributed by atoms with E-state index in [9.17, 15) is 4.79 Å². The highest BCUT2D eigenvalue weighted by Gasteiger charge is 2.18. The summed E-state index contributed by atoms with van der Waals surface area (Å²) >= 11 is 9.49. The molecule has 0 amide bonds. The predicted octanol–water partition coefficient (Wildman–Crippen LogP) is 4.16. The fraction of sp³-hybridized carbons (Fsp3) is 0.0588. The molecule has 124 valence electrons. The SMILES string of the molecule is Cc1cc(Cl)cc2c(=O)oc(-c3ccc(Br)n3-c3ncccn3)nc12. The Morgan fingerprint density at radius 1 is 1.20 bits per heavy atom. The largest absolute Gasteiger partial charge is 0.401 e. The predicted molar refractivity (Wildman–Crippen MR) is 98.1 cm³/mol. The monoisotopic (exact) mass is 416 g/mol. The Bertz CT molecular complexity index is 1150. The molecule has 0 N–H and O–H groups in total. The topological polar surface area (TPSA) is 73.8 Å². The number of benzene rings is 1. The van der Waals surface area contributed by atoms with Crippen LogP contribution in [0.2, 0.25) is 5.02 Å². The summed E-state index contributed by atoms with van der Waals surface area (Å²) in [6, 6.07) is 8.63. The summed E-state index contributed by atoms with van der Waals surface area (Å²) in [5.74, 6) is 0.618. The van der Waals surface area contributed by atoms with Gasteiger partial charge in [-0.25, -0.2) is 19.7 Å². The van der Waals surface area contributed by atoms with Crippen LogP contribution in [-0.4, -0.2) is 19.5 Å². The van der Waals surface area contributed by atoms with Gasteiger partial charge in [0.05, 0.1) is 15.5 Å². The molecule has 0 radical (unpaired) electrons. The van der Waals surface area contributed by atoms with Gasteiger partial charge in [-0.1, -0.05) is 11.6 Å². The molecule has 0 bridgehead atoms. The number of hydrogen-bond donors (Lipinski definition) is 0. The number of halogens is 2. The van der Waals surface area contributed by atoms with E-state index in [0.717, 1.165) is 5.56 Å². The number of hydrogen-bond acceptors (Lipinski definition) is 5. The highest BCUT2D eigenvalue weighted by molar-refractivity contribution is 9.10.